The van der Waals surface area contributed by atoms with E-state index in [1.54, 1.807) is 24.3 Å². The number of ether oxygens (including phenoxy) is 1. The summed E-state index contributed by atoms with van der Waals surface area (Å²) in [6, 6.07) is 12.5. The number of non-ortho nitro benzene ring substituents is 1. The number of esters is 1. The highest BCUT2D eigenvalue weighted by Crippen LogP contribution is 2.21. The van der Waals surface area contributed by atoms with Crippen LogP contribution in [0.15, 0.2) is 52.9 Å². The molecule has 3 aromatic rings. The normalized spacial score (nSPS) is 10.5. The van der Waals surface area contributed by atoms with E-state index in [0.29, 0.717) is 10.6 Å². The molecule has 0 atom stereocenters. The summed E-state index contributed by atoms with van der Waals surface area (Å²) in [6.07, 6.45) is 0.0977. The molecule has 0 unspecified atom stereocenters. The number of carbonyl (C=O) groups is 1. The molecule has 0 aliphatic rings. The van der Waals surface area contributed by atoms with Gasteiger partial charge in [-0.2, -0.15) is 0 Å². The molecule has 0 N–H and O–H groups in total. The monoisotopic (exact) mass is 373 g/mol. The van der Waals surface area contributed by atoms with Gasteiger partial charge in [0, 0.05) is 22.7 Å². The molecule has 8 nitrogen and oxygen atoms in total. The number of hydrogen-bond acceptors (Lipinski definition) is 7. The minimum absolute atomic E-state index is 0.0374. The van der Waals surface area contributed by atoms with Crippen molar-refractivity contribution in [3.8, 4) is 11.5 Å². The quantitative estimate of drug-likeness (QED) is 0.369. The average Bonchev–Trinajstić information content (AvgIpc) is 3.11. The summed E-state index contributed by atoms with van der Waals surface area (Å²) < 4.78 is 10.5. The first-order chi connectivity index (χ1) is 12.5. The Morgan fingerprint density at radius 3 is 2.46 bits per heavy atom. The van der Waals surface area contributed by atoms with E-state index in [0.717, 1.165) is 5.56 Å². The van der Waals surface area contributed by atoms with Gasteiger partial charge in [-0.25, -0.2) is 0 Å². The molecule has 9 heteroatoms. The largest absolute Gasteiger partial charge is 0.455 e. The fraction of sp³-hybridized carbons (Fsp3) is 0.118. The molecule has 0 fully saturated rings. The summed E-state index contributed by atoms with van der Waals surface area (Å²) in [5, 5.41) is 18.9. The summed E-state index contributed by atoms with van der Waals surface area (Å²) in [4.78, 5) is 22.0. The molecule has 0 spiro atoms. The molecule has 26 heavy (non-hydrogen) atoms. The van der Waals surface area contributed by atoms with Crippen molar-refractivity contribution in [1.29, 1.82) is 0 Å². The van der Waals surface area contributed by atoms with Crippen LogP contribution < -0.4 is 0 Å². The number of halogens is 1. The van der Waals surface area contributed by atoms with Gasteiger partial charge in [-0.15, -0.1) is 10.2 Å². The zero-order valence-electron chi connectivity index (χ0n) is 13.3. The highest BCUT2D eigenvalue weighted by Gasteiger charge is 2.13. The predicted molar refractivity (Wildman–Crippen MR) is 91.3 cm³/mol. The predicted octanol–water partition coefficient (Wildman–Crippen LogP) is 3.58. The number of carbonyl (C=O) groups excluding carboxylic acids is 1. The van der Waals surface area contributed by atoms with Crippen LogP contribution in [0.5, 0.6) is 0 Å². The van der Waals surface area contributed by atoms with Crippen molar-refractivity contribution in [2.24, 2.45) is 0 Å². The third kappa shape index (κ3) is 4.42. The minimum Gasteiger partial charge on any atom is -0.455 e. The van der Waals surface area contributed by atoms with E-state index in [4.69, 9.17) is 20.8 Å². The first-order valence-electron chi connectivity index (χ1n) is 7.48. The van der Waals surface area contributed by atoms with Gasteiger partial charge in [0.1, 0.15) is 0 Å². The summed E-state index contributed by atoms with van der Waals surface area (Å²) in [5.41, 5.74) is 1.27. The van der Waals surface area contributed by atoms with Crippen molar-refractivity contribution < 1.29 is 18.9 Å². The lowest BCUT2D eigenvalue weighted by Gasteiger charge is -2.02. The van der Waals surface area contributed by atoms with Gasteiger partial charge >= 0.3 is 5.97 Å². The van der Waals surface area contributed by atoms with Crippen molar-refractivity contribution in [3.63, 3.8) is 0 Å². The Labute approximate surface area is 152 Å². The Bertz CT molecular complexity index is 922. The molecule has 1 heterocycles. The van der Waals surface area contributed by atoms with E-state index in [1.807, 2.05) is 0 Å². The summed E-state index contributed by atoms with van der Waals surface area (Å²) in [5.74, 6) is -0.131. The van der Waals surface area contributed by atoms with Gasteiger partial charge in [0.2, 0.25) is 5.89 Å². The second-order valence-electron chi connectivity index (χ2n) is 5.27. The fourth-order valence-electron chi connectivity index (χ4n) is 2.12. The Hall–Kier alpha value is -3.26. The van der Waals surface area contributed by atoms with Gasteiger partial charge in [0.05, 0.1) is 11.3 Å². The maximum absolute atomic E-state index is 11.8. The van der Waals surface area contributed by atoms with Crippen LogP contribution in [0.25, 0.3) is 11.5 Å². The van der Waals surface area contributed by atoms with E-state index in [2.05, 4.69) is 10.2 Å². The Morgan fingerprint density at radius 2 is 1.81 bits per heavy atom. The molecule has 0 bridgehead atoms. The second kappa shape index (κ2) is 7.75. The van der Waals surface area contributed by atoms with Crippen LogP contribution in [0, 0.1) is 10.1 Å². The molecular weight excluding hydrogens is 362 g/mol. The van der Waals surface area contributed by atoms with Crippen LogP contribution in [0.2, 0.25) is 5.02 Å². The maximum atomic E-state index is 11.8. The summed E-state index contributed by atoms with van der Waals surface area (Å²) in [7, 11) is 0. The number of aromatic nitrogens is 2. The minimum atomic E-state index is -0.497. The van der Waals surface area contributed by atoms with Crippen molar-refractivity contribution >= 4 is 23.3 Å². The first kappa shape index (κ1) is 17.6. The van der Waals surface area contributed by atoms with Crippen molar-refractivity contribution in [3.05, 3.63) is 75.1 Å². The van der Waals surface area contributed by atoms with Gasteiger partial charge in [-0.05, 0) is 29.8 Å². The highest BCUT2D eigenvalue weighted by atomic mass is 35.5. The molecule has 3 rings (SSSR count). The molecule has 0 saturated carbocycles. The van der Waals surface area contributed by atoms with Crippen LogP contribution >= 0.6 is 11.6 Å². The Balaban J connectivity index is 1.57. The molecule has 132 valence electrons. The van der Waals surface area contributed by atoms with Crippen molar-refractivity contribution in [1.82, 2.24) is 10.2 Å². The van der Waals surface area contributed by atoms with Gasteiger partial charge < -0.3 is 9.15 Å². The number of nitrogens with zero attached hydrogens (tertiary/aromatic N) is 3. The van der Waals surface area contributed by atoms with Crippen LogP contribution in [0.3, 0.4) is 0 Å². The Kier molecular flexibility index (Phi) is 5.23. The lowest BCUT2D eigenvalue weighted by Crippen LogP contribution is -2.08. The molecule has 0 saturated heterocycles. The molecule has 1 aromatic heterocycles. The highest BCUT2D eigenvalue weighted by molar-refractivity contribution is 6.30. The number of nitro benzene ring substituents is 1. The van der Waals surface area contributed by atoms with Crippen LogP contribution in [-0.2, 0) is 22.6 Å². The van der Waals surface area contributed by atoms with E-state index in [9.17, 15) is 14.9 Å². The van der Waals surface area contributed by atoms with E-state index >= 15 is 0 Å². The van der Waals surface area contributed by atoms with Gasteiger partial charge in [0.25, 0.3) is 11.6 Å². The summed E-state index contributed by atoms with van der Waals surface area (Å²) >= 11 is 5.79. The van der Waals surface area contributed by atoms with Gasteiger partial charge in [0.15, 0.2) is 6.61 Å². The van der Waals surface area contributed by atoms with E-state index in [-0.39, 0.29) is 30.5 Å². The first-order valence-corrected chi connectivity index (χ1v) is 7.86. The van der Waals surface area contributed by atoms with Crippen molar-refractivity contribution in [2.75, 3.05) is 0 Å². The number of hydrogen-bond donors (Lipinski definition) is 0. The van der Waals surface area contributed by atoms with Crippen LogP contribution in [0.4, 0.5) is 5.69 Å². The number of rotatable bonds is 6. The second-order valence-corrected chi connectivity index (χ2v) is 5.71. The fourth-order valence-corrected chi connectivity index (χ4v) is 2.24. The number of nitro groups is 1. The van der Waals surface area contributed by atoms with Crippen LogP contribution in [-0.4, -0.2) is 21.1 Å². The zero-order valence-corrected chi connectivity index (χ0v) is 14.0. The molecule has 0 aliphatic heterocycles. The van der Waals surface area contributed by atoms with Crippen LogP contribution in [0.1, 0.15) is 11.5 Å². The topological polar surface area (TPSA) is 108 Å². The van der Waals surface area contributed by atoms with Gasteiger partial charge in [-0.3, -0.25) is 14.9 Å². The molecule has 0 radical (unpaired) electrons. The maximum Gasteiger partial charge on any atom is 0.310 e. The average molecular weight is 374 g/mol. The molecule has 0 amide bonds. The van der Waals surface area contributed by atoms with E-state index < -0.39 is 10.9 Å². The number of benzene rings is 2. The standard InChI is InChI=1S/C17H12ClN3O5/c18-13-5-1-11(2-6-13)9-16(22)25-10-15-19-20-17(26-15)12-3-7-14(8-4-12)21(23)24/h1-8H,9-10H2. The zero-order chi connectivity index (χ0) is 18.5. The Morgan fingerprint density at radius 1 is 1.12 bits per heavy atom. The lowest BCUT2D eigenvalue weighted by molar-refractivity contribution is -0.384. The molecule has 0 aliphatic carbocycles. The SMILES string of the molecule is O=C(Cc1ccc(Cl)cc1)OCc1nnc(-c2ccc([N+](=O)[O-])cc2)o1. The lowest BCUT2D eigenvalue weighted by atomic mass is 10.2. The van der Waals surface area contributed by atoms with Gasteiger partial charge in [-0.1, -0.05) is 23.7 Å². The third-order valence-corrected chi connectivity index (χ3v) is 3.66. The summed E-state index contributed by atoms with van der Waals surface area (Å²) in [6.45, 7) is -0.160. The van der Waals surface area contributed by atoms with E-state index in [1.165, 1.54) is 24.3 Å². The molecular formula is C17H12ClN3O5. The smallest absolute Gasteiger partial charge is 0.310 e. The third-order valence-electron chi connectivity index (χ3n) is 3.41. The molecule has 2 aromatic carbocycles. The van der Waals surface area contributed by atoms with Crippen molar-refractivity contribution in [2.45, 2.75) is 13.0 Å².